The lowest BCUT2D eigenvalue weighted by Crippen LogP contribution is -2.53. The highest BCUT2D eigenvalue weighted by atomic mass is 19.1. The second-order valence-electron chi connectivity index (χ2n) is 29.7. The molecule has 0 saturated carbocycles. The van der Waals surface area contributed by atoms with Crippen molar-refractivity contribution in [1.29, 1.82) is 0 Å². The van der Waals surface area contributed by atoms with Crippen LogP contribution >= 0.6 is 0 Å². The number of aliphatic hydroxyl groups excluding tert-OH is 1. The van der Waals surface area contributed by atoms with Crippen LogP contribution in [0.5, 0.6) is 0 Å². The number of ether oxygens (including phenoxy) is 3. The Morgan fingerprint density at radius 1 is 0.409 bits per heavy atom. The average Bonchev–Trinajstić information content (AvgIpc) is 0.758. The first-order valence-corrected chi connectivity index (χ1v) is 41.2. The molecule has 0 radical (unpaired) electrons. The van der Waals surface area contributed by atoms with Gasteiger partial charge in [-0.25, -0.2) is 36.3 Å². The normalized spacial score (nSPS) is 13.4. The van der Waals surface area contributed by atoms with Gasteiger partial charge < -0.3 is 81.9 Å². The highest BCUT2D eigenvalue weighted by Gasteiger charge is 2.48. The van der Waals surface area contributed by atoms with Crippen LogP contribution in [-0.4, -0.2) is 156 Å². The first-order chi connectivity index (χ1) is 63.3. The Labute approximate surface area is 760 Å². The SMILES string of the molecule is CC(=O)O.CN(C(=O)C1(c2ccccc2)CCN(C(=O)OCc2ccccc2)CC1)c1ccc(F)cc1N.CNc1ccc(F)cc1N.CNc1ccc(F)cc1NC(=O)C1(c2ccccc2)CCN(C(=O)OCc2ccccc2)CC1.CNc1ccc(F)cc1[N+](=O)[O-].CO.O=C(OCc1ccccc1)N1CCC(C(=O)O)(c2ccccc2)CC1.O=[N+]([O-])c1cc(F)ccc1F.[2HH]. The van der Waals surface area contributed by atoms with Gasteiger partial charge in [0.25, 0.3) is 11.7 Å². The smallest absolute Gasteiger partial charge is 0.410 e. The Bertz CT molecular complexity index is 5600. The third-order valence-corrected chi connectivity index (χ3v) is 21.4. The molecular weight excluding hydrogens is 1720 g/mol. The molecule has 0 bridgehead atoms. The highest BCUT2D eigenvalue weighted by Crippen LogP contribution is 2.42. The summed E-state index contributed by atoms with van der Waals surface area (Å²) >= 11 is 0. The van der Waals surface area contributed by atoms with Gasteiger partial charge in [-0.05, 0) is 151 Å². The summed E-state index contributed by atoms with van der Waals surface area (Å²) in [6.07, 6.45) is 1.29. The molecule has 0 spiro atoms. The van der Waals surface area contributed by atoms with Crippen molar-refractivity contribution < 1.29 is 101 Å². The van der Waals surface area contributed by atoms with E-state index in [1.165, 1.54) is 59.5 Å². The third-order valence-electron chi connectivity index (χ3n) is 21.4. The van der Waals surface area contributed by atoms with Crippen molar-refractivity contribution in [3.63, 3.8) is 0 Å². The zero-order valence-corrected chi connectivity index (χ0v) is 73.3. The van der Waals surface area contributed by atoms with Gasteiger partial charge in [0.05, 0.1) is 72.3 Å². The average molecular weight is 1830 g/mol. The Morgan fingerprint density at radius 3 is 1.07 bits per heavy atom. The fourth-order valence-electron chi connectivity index (χ4n) is 14.4. The second-order valence-corrected chi connectivity index (χ2v) is 29.7. The molecule has 14 rings (SSSR count). The number of carbonyl (C=O) groups excluding carboxylic acids is 5. The number of anilines is 7. The molecule has 11 N–H and O–H groups in total. The number of nitrogens with two attached hydrogens (primary N) is 2. The Morgan fingerprint density at radius 2 is 0.712 bits per heavy atom. The fourth-order valence-corrected chi connectivity index (χ4v) is 14.4. The molecule has 3 aliphatic rings. The lowest BCUT2D eigenvalue weighted by atomic mass is 9.71. The van der Waals surface area contributed by atoms with Gasteiger partial charge in [-0.15, -0.1) is 0 Å². The number of rotatable bonds is 19. The first-order valence-electron chi connectivity index (χ1n) is 41.2. The predicted molar refractivity (Wildman–Crippen MR) is 493 cm³/mol. The maximum absolute atomic E-state index is 13.9. The van der Waals surface area contributed by atoms with E-state index in [0.717, 1.165) is 65.2 Å². The number of halogens is 6. The maximum Gasteiger partial charge on any atom is 0.410 e. The topological polar surface area (TPSA) is 407 Å². The van der Waals surface area contributed by atoms with Crippen LogP contribution in [0.4, 0.5) is 91.9 Å². The molecule has 132 heavy (non-hydrogen) atoms. The molecule has 0 unspecified atom stereocenters. The summed E-state index contributed by atoms with van der Waals surface area (Å²) in [4.78, 5) is 111. The number of amides is 5. The molecule has 0 atom stereocenters. The summed E-state index contributed by atoms with van der Waals surface area (Å²) in [5.41, 5.74) is 16.2. The van der Waals surface area contributed by atoms with E-state index in [0.29, 0.717) is 118 Å². The number of carboxylic acids is 2. The zero-order valence-electron chi connectivity index (χ0n) is 73.3. The molecule has 3 fully saturated rings. The molecule has 11 aromatic carbocycles. The van der Waals surface area contributed by atoms with E-state index in [2.05, 4.69) is 21.3 Å². The molecule has 5 amide bonds. The first kappa shape index (κ1) is 104. The molecule has 0 aliphatic carbocycles. The van der Waals surface area contributed by atoms with E-state index in [1.807, 2.05) is 182 Å². The summed E-state index contributed by atoms with van der Waals surface area (Å²) in [5.74, 6) is -5.70. The molecule has 11 aromatic rings. The molecule has 0 aromatic heterocycles. The number of hydrogen-bond acceptors (Lipinski definition) is 20. The number of benzene rings is 11. The van der Waals surface area contributed by atoms with Crippen LogP contribution in [0.1, 0.15) is 80.3 Å². The lowest BCUT2D eigenvalue weighted by Gasteiger charge is -2.42. The predicted octanol–water partition coefficient (Wildman–Crippen LogP) is 18.4. The number of nitrogens with one attached hydrogen (secondary N) is 4. The monoisotopic (exact) mass is 1830 g/mol. The summed E-state index contributed by atoms with van der Waals surface area (Å²) in [7, 11) is 7.65. The molecular formula is C97H106F6N12O17. The van der Waals surface area contributed by atoms with Crippen molar-refractivity contribution in [2.75, 3.05) is 112 Å². The minimum atomic E-state index is -1.03. The van der Waals surface area contributed by atoms with Crippen molar-refractivity contribution >= 4 is 93.2 Å². The molecule has 29 nitrogen and oxygen atoms in total. The van der Waals surface area contributed by atoms with Crippen molar-refractivity contribution in [3.8, 4) is 0 Å². The van der Waals surface area contributed by atoms with E-state index in [-0.39, 0.29) is 50.3 Å². The van der Waals surface area contributed by atoms with E-state index in [1.54, 1.807) is 55.0 Å². The number of carbonyl (C=O) groups is 7. The third kappa shape index (κ3) is 29.8. The molecule has 698 valence electrons. The van der Waals surface area contributed by atoms with Gasteiger partial charge in [0.2, 0.25) is 17.6 Å². The number of nitro benzene ring substituents is 2. The summed E-state index contributed by atoms with van der Waals surface area (Å²) in [6, 6.07) is 74.8. The molecule has 3 heterocycles. The van der Waals surface area contributed by atoms with Gasteiger partial charge in [-0.3, -0.25) is 39.4 Å². The fraction of sp³-hybridized carbons (Fsp3) is 0.247. The van der Waals surface area contributed by atoms with Crippen LogP contribution in [0.25, 0.3) is 0 Å². The minimum absolute atomic E-state index is 0. The van der Waals surface area contributed by atoms with E-state index >= 15 is 0 Å². The van der Waals surface area contributed by atoms with Crippen molar-refractivity contribution in [3.05, 3.63) is 361 Å². The Kier molecular flexibility index (Phi) is 40.3. The highest BCUT2D eigenvalue weighted by molar-refractivity contribution is 6.03. The number of nitrogens with zero attached hydrogens (tertiary/aromatic N) is 6. The lowest BCUT2D eigenvalue weighted by molar-refractivity contribution is -0.387. The summed E-state index contributed by atoms with van der Waals surface area (Å²) in [6.45, 7) is 3.94. The van der Waals surface area contributed by atoms with Crippen LogP contribution in [0.2, 0.25) is 0 Å². The number of aliphatic hydroxyl groups is 1. The number of hydrogen-bond donors (Lipinski definition) is 9. The number of nitrogen functional groups attached to an aromatic ring is 2. The van der Waals surface area contributed by atoms with Crippen LogP contribution < -0.4 is 37.6 Å². The number of likely N-dealkylation sites (N-methyl/N-ethyl adjacent to an activating group) is 1. The number of carboxylic acid groups (broad SMARTS) is 2. The van der Waals surface area contributed by atoms with Crippen LogP contribution in [0.15, 0.2) is 273 Å². The van der Waals surface area contributed by atoms with Gasteiger partial charge in [0, 0.05) is 82.9 Å². The quantitative estimate of drug-likeness (QED) is 0.0119. The number of piperidine rings is 3. The summed E-state index contributed by atoms with van der Waals surface area (Å²) in [5, 5.41) is 55.8. The van der Waals surface area contributed by atoms with E-state index in [4.69, 9.17) is 40.7 Å². The largest absolute Gasteiger partial charge is 0.481 e. The molecule has 3 aliphatic heterocycles. The Balaban J connectivity index is 0.000000256. The van der Waals surface area contributed by atoms with Crippen LogP contribution in [-0.2, 0) is 69.5 Å². The minimum Gasteiger partial charge on any atom is -0.481 e. The van der Waals surface area contributed by atoms with Crippen molar-refractivity contribution in [2.24, 2.45) is 0 Å². The maximum atomic E-state index is 13.9. The van der Waals surface area contributed by atoms with Crippen LogP contribution in [0.3, 0.4) is 0 Å². The Hall–Kier alpha value is -15.6. The van der Waals surface area contributed by atoms with Crippen molar-refractivity contribution in [2.45, 2.75) is 81.5 Å². The zero-order chi connectivity index (χ0) is 96.5. The van der Waals surface area contributed by atoms with E-state index < -0.39 is 91.1 Å². The number of likely N-dealkylation sites (tertiary alicyclic amines) is 3. The van der Waals surface area contributed by atoms with Gasteiger partial charge in [0.15, 0.2) is 0 Å². The number of nitro groups is 2. The number of aliphatic carboxylic acids is 2. The second kappa shape index (κ2) is 51.4. The molecule has 35 heteroatoms. The van der Waals surface area contributed by atoms with Crippen LogP contribution in [0, 0.1) is 55.1 Å². The standard InChI is InChI=1S/2C27H28FN3O3.C20H21NO4.C7H7FN2O2.C7H9FN2.C6H3F2NO2.C2H4O2.CH4O.H2/c1-30(24-13-12-22(28)18-23(24)29)25(32)27(21-10-6-3-7-11-21)14-16-31(17-15-27)26(33)34-19-20-8-4-2-5-9-20;1-29-23-13-12-22(28)18-24(23)30-25(32)27(21-10-6-3-7-11-21)14-16-31(17-15-27)26(33)34-19-20-8-4-2-5-9-20;22-18(23)20(17-9-5-2-6-10-17)11-13-21(14-12-20)19(24)25-15-16-7-3-1-4-8-16;1-9-6-3-2-5(8)4-7(6)10(11)12;1-10-7-3-2-5(8)4-6(7)9;7-4-1-2-5(8)6(3-4)9(10)11;1-2(3)4;1-2;/h2-13,18H,14-17,19,29H2,1H3;2-13,18,29H,14-17,19H2,1H3,(H,30,32);1-10H,11-15H2,(H,22,23);2-4,9H,1H3;2-4,10H,9H2,1H3;1-3H;1H3,(H,3,4);2H,1H3;1H/i;;;;;;;;1+1. The van der Waals surface area contributed by atoms with Gasteiger partial charge in [0.1, 0.15) is 54.6 Å². The van der Waals surface area contributed by atoms with Gasteiger partial charge >= 0.3 is 29.9 Å². The van der Waals surface area contributed by atoms with Gasteiger partial charge in [-0.2, -0.15) is 4.39 Å². The van der Waals surface area contributed by atoms with E-state index in [9.17, 15) is 80.4 Å². The summed E-state index contributed by atoms with van der Waals surface area (Å²) < 4.78 is 93.3. The molecule has 3 saturated heterocycles. The van der Waals surface area contributed by atoms with Gasteiger partial charge in [-0.1, -0.05) is 182 Å². The van der Waals surface area contributed by atoms with Crippen molar-refractivity contribution in [1.82, 2.24) is 14.7 Å².